The third kappa shape index (κ3) is 1.80. The van der Waals surface area contributed by atoms with Crippen molar-refractivity contribution < 1.29 is 14.3 Å². The summed E-state index contributed by atoms with van der Waals surface area (Å²) in [6, 6.07) is -0.495. The molecule has 1 rings (SSSR count). The minimum absolute atomic E-state index is 0.0868. The van der Waals surface area contributed by atoms with E-state index in [4.69, 9.17) is 10.8 Å². The molecule has 0 unspecified atom stereocenters. The second-order valence-electron chi connectivity index (χ2n) is 2.70. The van der Waals surface area contributed by atoms with Gasteiger partial charge in [-0.1, -0.05) is 0 Å². The number of carbonyl (C=O) groups is 1. The number of hydrogen-bond donors (Lipinski definition) is 2. The molecule has 1 saturated heterocycles. The maximum atomic E-state index is 12.8. The van der Waals surface area contributed by atoms with Gasteiger partial charge in [-0.3, -0.25) is 0 Å². The zero-order valence-corrected chi connectivity index (χ0v) is 6.03. The molecule has 1 heterocycles. The topological polar surface area (TPSA) is 66.6 Å². The number of nitrogens with zero attached hydrogens (tertiary/aromatic N) is 1. The maximum absolute atomic E-state index is 12.8. The van der Waals surface area contributed by atoms with E-state index in [1.54, 1.807) is 0 Å². The Morgan fingerprint density at radius 2 is 2.36 bits per heavy atom. The van der Waals surface area contributed by atoms with Crippen LogP contribution in [0.4, 0.5) is 9.18 Å². The van der Waals surface area contributed by atoms with Crippen molar-refractivity contribution in [2.75, 3.05) is 13.1 Å². The van der Waals surface area contributed by atoms with E-state index in [0.29, 0.717) is 13.0 Å². The molecule has 1 aliphatic rings. The van der Waals surface area contributed by atoms with Crippen LogP contribution in [0.2, 0.25) is 0 Å². The van der Waals surface area contributed by atoms with Crippen molar-refractivity contribution in [1.29, 1.82) is 0 Å². The molecule has 1 fully saturated rings. The molecule has 0 aromatic heterocycles. The molecular formula is C6H11FN2O2. The normalized spacial score (nSPS) is 32.0. The van der Waals surface area contributed by atoms with Crippen LogP contribution >= 0.6 is 0 Å². The molecule has 0 aromatic rings. The molecule has 0 bridgehead atoms. The maximum Gasteiger partial charge on any atom is 0.407 e. The lowest BCUT2D eigenvalue weighted by Crippen LogP contribution is -2.50. The van der Waals surface area contributed by atoms with Gasteiger partial charge in [0.25, 0.3) is 0 Å². The number of piperidine rings is 1. The predicted molar refractivity (Wildman–Crippen MR) is 37.1 cm³/mol. The Morgan fingerprint density at radius 3 is 2.82 bits per heavy atom. The first-order valence-corrected chi connectivity index (χ1v) is 3.49. The van der Waals surface area contributed by atoms with Crippen LogP contribution in [0.1, 0.15) is 6.42 Å². The first kappa shape index (κ1) is 8.26. The van der Waals surface area contributed by atoms with Gasteiger partial charge >= 0.3 is 6.09 Å². The summed E-state index contributed by atoms with van der Waals surface area (Å²) in [4.78, 5) is 11.4. The van der Waals surface area contributed by atoms with Gasteiger partial charge in [0.2, 0.25) is 0 Å². The second kappa shape index (κ2) is 3.04. The third-order valence-electron chi connectivity index (χ3n) is 1.86. The minimum atomic E-state index is -1.21. The smallest absolute Gasteiger partial charge is 0.407 e. The zero-order valence-electron chi connectivity index (χ0n) is 6.03. The van der Waals surface area contributed by atoms with E-state index in [9.17, 15) is 9.18 Å². The van der Waals surface area contributed by atoms with E-state index in [1.807, 2.05) is 0 Å². The standard InChI is InChI=1S/C6H11FN2O2/c7-4-3-9(6(10)11)2-1-5(4)8/h4-5H,1-3,8H2,(H,10,11)/t4-,5+/m0/s1. The van der Waals surface area contributed by atoms with Crippen LogP contribution in [0.3, 0.4) is 0 Å². The molecule has 0 spiro atoms. The van der Waals surface area contributed by atoms with Crippen LogP contribution in [0.15, 0.2) is 0 Å². The van der Waals surface area contributed by atoms with Crippen molar-refractivity contribution in [2.45, 2.75) is 18.6 Å². The highest BCUT2D eigenvalue weighted by atomic mass is 19.1. The molecule has 11 heavy (non-hydrogen) atoms. The first-order chi connectivity index (χ1) is 5.11. The number of halogens is 1. The van der Waals surface area contributed by atoms with Gasteiger partial charge in [0.05, 0.1) is 6.54 Å². The highest BCUT2D eigenvalue weighted by molar-refractivity contribution is 5.65. The monoisotopic (exact) mass is 162 g/mol. The lowest BCUT2D eigenvalue weighted by molar-refractivity contribution is 0.0976. The number of likely N-dealkylation sites (tertiary alicyclic amines) is 1. The van der Waals surface area contributed by atoms with Crippen molar-refractivity contribution >= 4 is 6.09 Å². The van der Waals surface area contributed by atoms with E-state index >= 15 is 0 Å². The summed E-state index contributed by atoms with van der Waals surface area (Å²) >= 11 is 0. The van der Waals surface area contributed by atoms with Gasteiger partial charge in [0.15, 0.2) is 0 Å². The molecule has 3 N–H and O–H groups in total. The quantitative estimate of drug-likeness (QED) is 0.528. The van der Waals surface area contributed by atoms with Gasteiger partial charge in [0, 0.05) is 12.6 Å². The molecule has 64 valence electrons. The van der Waals surface area contributed by atoms with Gasteiger partial charge in [-0.25, -0.2) is 9.18 Å². The molecule has 4 nitrogen and oxygen atoms in total. The van der Waals surface area contributed by atoms with Crippen molar-refractivity contribution in [2.24, 2.45) is 5.73 Å². The van der Waals surface area contributed by atoms with Gasteiger partial charge < -0.3 is 15.7 Å². The molecule has 0 saturated carbocycles. The SMILES string of the molecule is N[C@@H]1CCN(C(=O)O)C[C@@H]1F. The van der Waals surface area contributed by atoms with Crippen LogP contribution in [-0.4, -0.2) is 41.4 Å². The van der Waals surface area contributed by atoms with Crippen molar-refractivity contribution in [3.05, 3.63) is 0 Å². The zero-order chi connectivity index (χ0) is 8.43. The van der Waals surface area contributed by atoms with Crippen LogP contribution in [-0.2, 0) is 0 Å². The molecule has 5 heteroatoms. The van der Waals surface area contributed by atoms with Gasteiger partial charge in [-0.15, -0.1) is 0 Å². The van der Waals surface area contributed by atoms with Gasteiger partial charge in [-0.2, -0.15) is 0 Å². The largest absolute Gasteiger partial charge is 0.465 e. The highest BCUT2D eigenvalue weighted by Crippen LogP contribution is 2.11. The van der Waals surface area contributed by atoms with Crippen LogP contribution in [0, 0.1) is 0 Å². The summed E-state index contributed by atoms with van der Waals surface area (Å²) < 4.78 is 12.8. The number of rotatable bonds is 0. The summed E-state index contributed by atoms with van der Waals surface area (Å²) in [5.41, 5.74) is 5.35. The van der Waals surface area contributed by atoms with Crippen LogP contribution in [0.5, 0.6) is 0 Å². The molecule has 2 atom stereocenters. The Bertz CT molecular complexity index is 165. The average molecular weight is 162 g/mol. The van der Waals surface area contributed by atoms with E-state index in [2.05, 4.69) is 0 Å². The van der Waals surface area contributed by atoms with Crippen LogP contribution < -0.4 is 5.73 Å². The molecule has 1 aliphatic heterocycles. The molecule has 0 aromatic carbocycles. The fourth-order valence-electron chi connectivity index (χ4n) is 1.10. The number of hydrogen-bond acceptors (Lipinski definition) is 2. The van der Waals surface area contributed by atoms with Gasteiger partial charge in [0.1, 0.15) is 6.17 Å². The Hall–Kier alpha value is -0.840. The molecule has 0 aliphatic carbocycles. The van der Waals surface area contributed by atoms with E-state index in [-0.39, 0.29) is 6.54 Å². The van der Waals surface area contributed by atoms with E-state index < -0.39 is 18.3 Å². The minimum Gasteiger partial charge on any atom is -0.465 e. The molecule has 1 amide bonds. The number of carboxylic acid groups (broad SMARTS) is 1. The first-order valence-electron chi connectivity index (χ1n) is 3.49. The summed E-state index contributed by atoms with van der Waals surface area (Å²) in [6.07, 6.45) is -1.87. The van der Waals surface area contributed by atoms with E-state index in [0.717, 1.165) is 4.90 Å². The van der Waals surface area contributed by atoms with Crippen molar-refractivity contribution in [3.8, 4) is 0 Å². The third-order valence-corrected chi connectivity index (χ3v) is 1.86. The summed E-state index contributed by atoms with van der Waals surface area (Å²) in [5.74, 6) is 0. The average Bonchev–Trinajstić information content (AvgIpc) is 1.94. The Labute approximate surface area is 63.8 Å². The van der Waals surface area contributed by atoms with Gasteiger partial charge in [-0.05, 0) is 6.42 Å². The Balaban J connectivity index is 2.46. The van der Waals surface area contributed by atoms with E-state index in [1.165, 1.54) is 0 Å². The highest BCUT2D eigenvalue weighted by Gasteiger charge is 2.28. The predicted octanol–water partition coefficient (Wildman–Crippen LogP) is 0.0355. The van der Waals surface area contributed by atoms with Crippen molar-refractivity contribution in [3.63, 3.8) is 0 Å². The Morgan fingerprint density at radius 1 is 1.73 bits per heavy atom. The van der Waals surface area contributed by atoms with Crippen LogP contribution in [0.25, 0.3) is 0 Å². The number of nitrogens with two attached hydrogens (primary N) is 1. The fourth-order valence-corrected chi connectivity index (χ4v) is 1.10. The molecular weight excluding hydrogens is 151 g/mol. The summed E-state index contributed by atoms with van der Waals surface area (Å²) in [7, 11) is 0. The Kier molecular flexibility index (Phi) is 2.28. The molecule has 0 radical (unpaired) electrons. The van der Waals surface area contributed by atoms with Crippen molar-refractivity contribution in [1.82, 2.24) is 4.90 Å². The summed E-state index contributed by atoms with van der Waals surface area (Å²) in [6.45, 7) is 0.257. The number of amides is 1. The number of alkyl halides is 1. The summed E-state index contributed by atoms with van der Waals surface area (Å²) in [5, 5.41) is 8.46. The fraction of sp³-hybridized carbons (Fsp3) is 0.833. The lowest BCUT2D eigenvalue weighted by atomic mass is 10.1. The second-order valence-corrected chi connectivity index (χ2v) is 2.70. The lowest BCUT2D eigenvalue weighted by Gasteiger charge is -2.30.